The second kappa shape index (κ2) is 6.75. The fraction of sp³-hybridized carbons (Fsp3) is 0.333. The predicted octanol–water partition coefficient (Wildman–Crippen LogP) is 4.23. The van der Waals surface area contributed by atoms with Crippen LogP contribution >= 0.6 is 12.4 Å². The number of nitrogens with two attached hydrogens (primary N) is 1. The summed E-state index contributed by atoms with van der Waals surface area (Å²) in [6, 6.07) is 2.29. The monoisotopic (exact) mass is 283 g/mol. The highest BCUT2D eigenvalue weighted by molar-refractivity contribution is 5.85. The number of benzene rings is 1. The van der Waals surface area contributed by atoms with Crippen LogP contribution in [0.4, 0.5) is 17.6 Å². The van der Waals surface area contributed by atoms with Crippen LogP contribution in [0.2, 0.25) is 0 Å². The van der Waals surface area contributed by atoms with Gasteiger partial charge in [-0.3, -0.25) is 0 Å². The zero-order chi connectivity index (χ0) is 13.1. The van der Waals surface area contributed by atoms with Crippen LogP contribution in [0, 0.1) is 5.82 Å². The Balaban J connectivity index is 0.00000289. The molecule has 0 saturated carbocycles. The fourth-order valence-electron chi connectivity index (χ4n) is 1.45. The smallest absolute Gasteiger partial charge is 0.324 e. The van der Waals surface area contributed by atoms with Gasteiger partial charge in [-0.15, -0.1) is 19.0 Å². The lowest BCUT2D eigenvalue weighted by Crippen LogP contribution is -2.14. The van der Waals surface area contributed by atoms with Crippen molar-refractivity contribution in [3.05, 3.63) is 47.8 Å². The van der Waals surface area contributed by atoms with Crippen LogP contribution in [0.5, 0.6) is 0 Å². The Kier molecular flexibility index (Phi) is 6.35. The van der Waals surface area contributed by atoms with Crippen molar-refractivity contribution in [3.8, 4) is 0 Å². The summed E-state index contributed by atoms with van der Waals surface area (Å²) in [6.45, 7) is 3.50. The Morgan fingerprint density at radius 1 is 1.33 bits per heavy atom. The molecule has 0 aliphatic heterocycles. The van der Waals surface area contributed by atoms with Crippen LogP contribution in [-0.2, 0) is 6.18 Å². The third-order valence-electron chi connectivity index (χ3n) is 2.41. The van der Waals surface area contributed by atoms with Gasteiger partial charge in [0.05, 0.1) is 5.56 Å². The van der Waals surface area contributed by atoms with E-state index in [0.717, 1.165) is 12.1 Å². The van der Waals surface area contributed by atoms with Crippen molar-refractivity contribution in [2.75, 3.05) is 0 Å². The molecule has 6 heteroatoms. The summed E-state index contributed by atoms with van der Waals surface area (Å²) >= 11 is 0. The summed E-state index contributed by atoms with van der Waals surface area (Å²) < 4.78 is 50.3. The van der Waals surface area contributed by atoms with Crippen LogP contribution < -0.4 is 5.73 Å². The molecule has 0 amide bonds. The van der Waals surface area contributed by atoms with Gasteiger partial charge in [0.15, 0.2) is 0 Å². The molecule has 102 valence electrons. The van der Waals surface area contributed by atoms with E-state index in [0.29, 0.717) is 12.8 Å². The molecular formula is C12H14ClF4N. The molecule has 0 aliphatic carbocycles. The maximum Gasteiger partial charge on any atom is 0.419 e. The SMILES string of the molecule is C=CCC[C@H](N)c1ccc(F)c(C(F)(F)F)c1.Cl. The van der Waals surface area contributed by atoms with Gasteiger partial charge >= 0.3 is 6.18 Å². The van der Waals surface area contributed by atoms with Crippen molar-refractivity contribution in [1.29, 1.82) is 0 Å². The first kappa shape index (κ1) is 16.9. The third-order valence-corrected chi connectivity index (χ3v) is 2.41. The Hall–Kier alpha value is -1.07. The lowest BCUT2D eigenvalue weighted by atomic mass is 10.00. The van der Waals surface area contributed by atoms with Gasteiger partial charge < -0.3 is 5.73 Å². The van der Waals surface area contributed by atoms with Gasteiger partial charge in [0, 0.05) is 6.04 Å². The van der Waals surface area contributed by atoms with E-state index in [1.807, 2.05) is 0 Å². The summed E-state index contributed by atoms with van der Waals surface area (Å²) in [7, 11) is 0. The molecule has 0 radical (unpaired) electrons. The van der Waals surface area contributed by atoms with Gasteiger partial charge in [-0.05, 0) is 30.5 Å². The maximum absolute atomic E-state index is 13.0. The second-order valence-electron chi connectivity index (χ2n) is 3.71. The molecule has 0 bridgehead atoms. The first-order valence-corrected chi connectivity index (χ1v) is 5.09. The minimum Gasteiger partial charge on any atom is -0.324 e. The number of alkyl halides is 3. The molecule has 1 rings (SSSR count). The number of allylic oxidation sites excluding steroid dienone is 1. The van der Waals surface area contributed by atoms with Gasteiger partial charge in [-0.25, -0.2) is 4.39 Å². The molecule has 0 aliphatic rings. The highest BCUT2D eigenvalue weighted by atomic mass is 35.5. The molecule has 0 fully saturated rings. The Bertz CT molecular complexity index is 404. The Morgan fingerprint density at radius 2 is 1.94 bits per heavy atom. The minimum absolute atomic E-state index is 0. The molecule has 2 N–H and O–H groups in total. The summed E-state index contributed by atoms with van der Waals surface area (Å²) in [5, 5.41) is 0. The molecule has 1 nitrogen and oxygen atoms in total. The highest BCUT2D eigenvalue weighted by Crippen LogP contribution is 2.33. The van der Waals surface area contributed by atoms with Crippen LogP contribution in [0.25, 0.3) is 0 Å². The molecule has 0 aromatic heterocycles. The fourth-order valence-corrected chi connectivity index (χ4v) is 1.45. The number of hydrogen-bond donors (Lipinski definition) is 1. The van der Waals surface area contributed by atoms with Crippen LogP contribution in [0.15, 0.2) is 30.9 Å². The lowest BCUT2D eigenvalue weighted by molar-refractivity contribution is -0.140. The van der Waals surface area contributed by atoms with Crippen LogP contribution in [0.1, 0.15) is 30.0 Å². The minimum atomic E-state index is -4.70. The van der Waals surface area contributed by atoms with Gasteiger partial charge in [0.25, 0.3) is 0 Å². The largest absolute Gasteiger partial charge is 0.419 e. The van der Waals surface area contributed by atoms with E-state index in [1.165, 1.54) is 6.07 Å². The summed E-state index contributed by atoms with van der Waals surface area (Å²) in [5.41, 5.74) is 4.71. The summed E-state index contributed by atoms with van der Waals surface area (Å²) in [6.07, 6.45) is -1.99. The molecule has 1 aromatic carbocycles. The van der Waals surface area contributed by atoms with Crippen molar-refractivity contribution in [1.82, 2.24) is 0 Å². The zero-order valence-corrected chi connectivity index (χ0v) is 10.3. The molecular weight excluding hydrogens is 270 g/mol. The van der Waals surface area contributed by atoms with Gasteiger partial charge in [-0.2, -0.15) is 13.2 Å². The van der Waals surface area contributed by atoms with Gasteiger partial charge in [0.2, 0.25) is 0 Å². The molecule has 1 aromatic rings. The van der Waals surface area contributed by atoms with Crippen molar-refractivity contribution in [3.63, 3.8) is 0 Å². The van der Waals surface area contributed by atoms with Crippen LogP contribution in [0.3, 0.4) is 0 Å². The molecule has 0 heterocycles. The first-order valence-electron chi connectivity index (χ1n) is 5.09. The maximum atomic E-state index is 13.0. The second-order valence-corrected chi connectivity index (χ2v) is 3.71. The first-order chi connectivity index (χ1) is 7.86. The number of rotatable bonds is 4. The molecule has 0 spiro atoms. The van der Waals surface area contributed by atoms with Gasteiger partial charge in [-0.1, -0.05) is 12.1 Å². The van der Waals surface area contributed by atoms with E-state index in [9.17, 15) is 17.6 Å². The van der Waals surface area contributed by atoms with Crippen molar-refractivity contribution in [2.45, 2.75) is 25.1 Å². The predicted molar refractivity (Wildman–Crippen MR) is 65.0 cm³/mol. The highest BCUT2D eigenvalue weighted by Gasteiger charge is 2.34. The number of hydrogen-bond acceptors (Lipinski definition) is 1. The lowest BCUT2D eigenvalue weighted by Gasteiger charge is -2.14. The molecule has 0 saturated heterocycles. The van der Waals surface area contributed by atoms with Crippen LogP contribution in [-0.4, -0.2) is 0 Å². The van der Waals surface area contributed by atoms with Crippen molar-refractivity contribution >= 4 is 12.4 Å². The van der Waals surface area contributed by atoms with E-state index in [2.05, 4.69) is 6.58 Å². The quantitative estimate of drug-likeness (QED) is 0.649. The number of halogens is 5. The molecule has 1 atom stereocenters. The Morgan fingerprint density at radius 3 is 2.44 bits per heavy atom. The summed E-state index contributed by atoms with van der Waals surface area (Å²) in [5.74, 6) is -1.28. The van der Waals surface area contributed by atoms with E-state index in [4.69, 9.17) is 5.73 Å². The molecule has 0 unspecified atom stereocenters. The molecule has 18 heavy (non-hydrogen) atoms. The zero-order valence-electron chi connectivity index (χ0n) is 9.51. The Labute approximate surface area is 109 Å². The standard InChI is InChI=1S/C12H13F4N.ClH/c1-2-3-4-11(17)8-5-6-10(13)9(7-8)12(14,15)16;/h2,5-7,11H,1,3-4,17H2;1H/t11-;/m0./s1. The van der Waals surface area contributed by atoms with E-state index < -0.39 is 23.6 Å². The van der Waals surface area contributed by atoms with Gasteiger partial charge in [0.1, 0.15) is 5.82 Å². The average Bonchev–Trinajstić information content (AvgIpc) is 2.25. The van der Waals surface area contributed by atoms with Crippen molar-refractivity contribution in [2.24, 2.45) is 5.73 Å². The topological polar surface area (TPSA) is 26.0 Å². The average molecular weight is 284 g/mol. The normalized spacial score (nSPS) is 12.7. The summed E-state index contributed by atoms with van der Waals surface area (Å²) in [4.78, 5) is 0. The van der Waals surface area contributed by atoms with E-state index >= 15 is 0 Å². The third kappa shape index (κ3) is 4.31. The van der Waals surface area contributed by atoms with E-state index in [1.54, 1.807) is 6.08 Å². The van der Waals surface area contributed by atoms with E-state index in [-0.39, 0.29) is 18.0 Å². The van der Waals surface area contributed by atoms with Crippen molar-refractivity contribution < 1.29 is 17.6 Å².